The van der Waals surface area contributed by atoms with Gasteiger partial charge in [-0.1, -0.05) is 75.7 Å². The van der Waals surface area contributed by atoms with Crippen molar-refractivity contribution < 1.29 is 43.0 Å². The number of nitrogens with zero attached hydrogens (tertiary/aromatic N) is 4. The van der Waals surface area contributed by atoms with E-state index in [0.717, 1.165) is 23.0 Å². The highest BCUT2D eigenvalue weighted by atomic mass is 28.3. The Bertz CT molecular complexity index is 2240. The van der Waals surface area contributed by atoms with Gasteiger partial charge >= 0.3 is 12.2 Å². The lowest BCUT2D eigenvalue weighted by Gasteiger charge is -2.35. The minimum absolute atomic E-state index is 0.0484. The van der Waals surface area contributed by atoms with E-state index in [1.165, 1.54) is 9.96 Å². The van der Waals surface area contributed by atoms with Crippen molar-refractivity contribution in [3.8, 4) is 0 Å². The lowest BCUT2D eigenvalue weighted by molar-refractivity contribution is -0.127. The average Bonchev–Trinajstić information content (AvgIpc) is 3.80. The zero-order chi connectivity index (χ0) is 46.7. The first-order valence-electron chi connectivity index (χ1n) is 22.3. The summed E-state index contributed by atoms with van der Waals surface area (Å²) in [5, 5.41) is 2.30. The number of rotatable bonds is 12. The minimum atomic E-state index is -1.55. The molecule has 346 valence electrons. The number of hydrogen-bond acceptors (Lipinski definition) is 9. The van der Waals surface area contributed by atoms with Crippen molar-refractivity contribution in [2.45, 2.75) is 161 Å². The van der Waals surface area contributed by atoms with Crippen LogP contribution in [0.25, 0.3) is 10.9 Å². The summed E-state index contributed by atoms with van der Waals surface area (Å²) < 4.78 is 26.3. The number of para-hydroxylation sites is 2. The maximum Gasteiger partial charge on any atom is 0.416 e. The Morgan fingerprint density at radius 1 is 0.778 bits per heavy atom. The molecule has 63 heavy (non-hydrogen) atoms. The van der Waals surface area contributed by atoms with Gasteiger partial charge in [-0.25, -0.2) is 9.59 Å². The molecule has 3 aliphatic heterocycles. The fraction of sp³-hybridized carbons (Fsp3) is 0.604. The fourth-order valence-electron chi connectivity index (χ4n) is 8.46. The molecule has 0 spiro atoms. The van der Waals surface area contributed by atoms with Gasteiger partial charge < -0.3 is 23.8 Å². The number of ether oxygens (including phenoxy) is 4. The molecule has 6 rings (SSSR count). The molecule has 3 aromatic rings. The monoisotopic (exact) mass is 904 g/mol. The quantitative estimate of drug-likeness (QED) is 0.164. The zero-order valence-electron chi connectivity index (χ0n) is 40.7. The minimum Gasteiger partial charge on any atom is -0.444 e. The van der Waals surface area contributed by atoms with Crippen molar-refractivity contribution in [3.63, 3.8) is 0 Å². The Morgan fingerprint density at radius 3 is 1.98 bits per heavy atom. The molecule has 2 saturated heterocycles. The summed E-state index contributed by atoms with van der Waals surface area (Å²) in [5.74, 6) is -0.327. The third-order valence-electron chi connectivity index (χ3n) is 11.5. The summed E-state index contributed by atoms with van der Waals surface area (Å²) >= 11 is 0. The van der Waals surface area contributed by atoms with Crippen molar-refractivity contribution in [1.82, 2.24) is 14.5 Å². The highest BCUT2D eigenvalue weighted by Crippen LogP contribution is 2.51. The maximum atomic E-state index is 15.9. The van der Waals surface area contributed by atoms with Crippen molar-refractivity contribution in [1.29, 1.82) is 0 Å². The Balaban J connectivity index is 1.60. The van der Waals surface area contributed by atoms with E-state index in [1.54, 1.807) is 4.90 Å². The summed E-state index contributed by atoms with van der Waals surface area (Å²) in [7, 11) is -3.09. The van der Waals surface area contributed by atoms with E-state index < -0.39 is 56.4 Å². The van der Waals surface area contributed by atoms with Gasteiger partial charge in [0.15, 0.2) is 0 Å². The predicted molar refractivity (Wildman–Crippen MR) is 252 cm³/mol. The Kier molecular flexibility index (Phi) is 13.0. The SMILES string of the molecule is CC(C)(C)OC(=O)N1/C(=C\[C@@]2(c3cccc4c(C[C@H]5COC(C)(C)N5C(=O)OC(C)(C)C)cn(OCC[Si](C)(C)C)c34)C(=O)N(OCC[Si](C)(C)C)c3ccccc32)COC1(C)C. The van der Waals surface area contributed by atoms with Gasteiger partial charge in [-0.3, -0.25) is 19.4 Å². The summed E-state index contributed by atoms with van der Waals surface area (Å²) in [5.41, 5.74) is -0.988. The lowest BCUT2D eigenvalue weighted by atomic mass is 9.73. The van der Waals surface area contributed by atoms with E-state index in [-0.39, 0.29) is 18.6 Å². The molecule has 4 heterocycles. The van der Waals surface area contributed by atoms with E-state index in [0.29, 0.717) is 54.3 Å². The van der Waals surface area contributed by atoms with E-state index in [4.69, 9.17) is 28.6 Å². The summed E-state index contributed by atoms with van der Waals surface area (Å²) in [6, 6.07) is 15.0. The van der Waals surface area contributed by atoms with E-state index in [9.17, 15) is 9.59 Å². The van der Waals surface area contributed by atoms with Crippen LogP contribution >= 0.6 is 0 Å². The second kappa shape index (κ2) is 17.0. The number of fused-ring (bicyclic) bond motifs is 2. The number of carbonyl (C=O) groups excluding carboxylic acids is 3. The van der Waals surface area contributed by atoms with Gasteiger partial charge in [0.05, 0.1) is 42.8 Å². The molecule has 3 aliphatic rings. The van der Waals surface area contributed by atoms with E-state index in [1.807, 2.05) is 129 Å². The normalized spacial score (nSPS) is 22.0. The van der Waals surface area contributed by atoms with Crippen LogP contribution in [0.3, 0.4) is 0 Å². The summed E-state index contributed by atoms with van der Waals surface area (Å²) in [6.45, 7) is 33.4. The molecule has 0 unspecified atom stereocenters. The summed E-state index contributed by atoms with van der Waals surface area (Å²) in [4.78, 5) is 60.3. The molecule has 3 amide bonds. The van der Waals surface area contributed by atoms with Crippen LogP contribution in [0.2, 0.25) is 51.4 Å². The van der Waals surface area contributed by atoms with Crippen molar-refractivity contribution in [2.75, 3.05) is 31.5 Å². The van der Waals surface area contributed by atoms with Gasteiger partial charge in [0.2, 0.25) is 0 Å². The van der Waals surface area contributed by atoms with E-state index in [2.05, 4.69) is 39.3 Å². The van der Waals surface area contributed by atoms with Crippen LogP contribution in [0, 0.1) is 0 Å². The lowest BCUT2D eigenvalue weighted by Crippen LogP contribution is -2.50. The summed E-state index contributed by atoms with van der Waals surface area (Å²) in [6.07, 6.45) is 3.25. The van der Waals surface area contributed by atoms with Gasteiger partial charge in [-0.2, -0.15) is 9.79 Å². The van der Waals surface area contributed by atoms with Crippen LogP contribution in [0.4, 0.5) is 15.3 Å². The Morgan fingerprint density at radius 2 is 1.37 bits per heavy atom. The third-order valence-corrected chi connectivity index (χ3v) is 14.9. The van der Waals surface area contributed by atoms with Crippen molar-refractivity contribution in [2.24, 2.45) is 0 Å². The first-order chi connectivity index (χ1) is 28.9. The second-order valence-corrected chi connectivity index (χ2v) is 33.8. The van der Waals surface area contributed by atoms with Gasteiger partial charge in [-0.05, 0) is 105 Å². The third kappa shape index (κ3) is 10.4. The zero-order valence-corrected chi connectivity index (χ0v) is 42.7. The number of carbonyl (C=O) groups is 3. The van der Waals surface area contributed by atoms with Crippen LogP contribution in [0.1, 0.15) is 85.9 Å². The maximum absolute atomic E-state index is 15.9. The fourth-order valence-corrected chi connectivity index (χ4v) is 9.87. The number of anilines is 1. The Labute approximate surface area is 376 Å². The molecule has 0 aliphatic carbocycles. The first kappa shape index (κ1) is 48.3. The highest BCUT2D eigenvalue weighted by Gasteiger charge is 2.55. The molecule has 2 atom stereocenters. The second-order valence-electron chi connectivity index (χ2n) is 22.5. The van der Waals surface area contributed by atoms with Gasteiger partial charge in [0, 0.05) is 38.9 Å². The van der Waals surface area contributed by atoms with Crippen molar-refractivity contribution >= 4 is 50.8 Å². The molecule has 0 saturated carbocycles. The van der Waals surface area contributed by atoms with Gasteiger partial charge in [-0.15, -0.1) is 0 Å². The molecule has 0 bridgehead atoms. The number of hydrogen-bond donors (Lipinski definition) is 0. The molecule has 0 radical (unpaired) electrons. The largest absolute Gasteiger partial charge is 0.444 e. The number of amides is 3. The van der Waals surface area contributed by atoms with Crippen LogP contribution in [0.5, 0.6) is 0 Å². The van der Waals surface area contributed by atoms with Crippen LogP contribution < -0.4 is 9.90 Å². The average molecular weight is 905 g/mol. The first-order valence-corrected chi connectivity index (χ1v) is 29.7. The predicted octanol–water partition coefficient (Wildman–Crippen LogP) is 10.1. The van der Waals surface area contributed by atoms with Gasteiger partial charge in [0.25, 0.3) is 5.91 Å². The molecule has 15 heteroatoms. The number of benzene rings is 2. The number of hydroxylamine groups is 1. The molecular weight excluding hydrogens is 833 g/mol. The van der Waals surface area contributed by atoms with E-state index >= 15 is 4.79 Å². The molecule has 2 fully saturated rings. The van der Waals surface area contributed by atoms with Crippen LogP contribution in [0.15, 0.2) is 60.4 Å². The molecular formula is C48H72N4O9Si2. The molecule has 0 N–H and O–H groups in total. The topological polar surface area (TPSA) is 121 Å². The van der Waals surface area contributed by atoms with Crippen LogP contribution in [-0.2, 0) is 40.4 Å². The van der Waals surface area contributed by atoms with Gasteiger partial charge in [0.1, 0.15) is 34.7 Å². The molecule has 1 aromatic heterocycles. The smallest absolute Gasteiger partial charge is 0.416 e. The standard InChI is InChI=1S/C48H72N4O9Si2/c1-44(2,3)60-42(54)50-34(31-56-46(50,7)8)28-33-30-49(58-24-26-62(11,12)13)40-36(33)20-19-22-38(40)48(29-35-32-57-47(9,10)51(35)43(55)61-45(4,5)6)37-21-17-18-23-39(37)52(41(48)53)59-25-27-63(14,15)16/h17-23,29-30,34H,24-28,31-32H2,1-16H3/b35-29-/t34-,48+/m0/s1. The highest BCUT2D eigenvalue weighted by molar-refractivity contribution is 6.76. The van der Waals surface area contributed by atoms with Crippen LogP contribution in [-0.4, -0.2) is 104 Å². The Hall–Kier alpha value is -4.16. The number of aromatic nitrogens is 1. The molecule has 13 nitrogen and oxygen atoms in total. The molecule has 2 aromatic carbocycles. The van der Waals surface area contributed by atoms with Crippen molar-refractivity contribution in [3.05, 3.63) is 77.1 Å².